The molecule has 2 N–H and O–H groups in total. The Morgan fingerprint density at radius 2 is 2.00 bits per heavy atom. The molecule has 1 aromatic heterocycles. The third-order valence-corrected chi connectivity index (χ3v) is 6.61. The summed E-state index contributed by atoms with van der Waals surface area (Å²) in [6.07, 6.45) is -3.15. The van der Waals surface area contributed by atoms with Crippen molar-refractivity contribution >= 4 is 38.5 Å². The number of benzene rings is 1. The number of aryl methyl sites for hydroxylation is 1. The minimum atomic E-state index is -5.26. The number of pyridine rings is 1. The number of anilines is 1. The van der Waals surface area contributed by atoms with E-state index in [4.69, 9.17) is 5.73 Å². The monoisotopic (exact) mass is 505 g/mol. The van der Waals surface area contributed by atoms with Gasteiger partial charge in [0.05, 0.1) is 15.7 Å². The molecule has 2 aromatic rings. The molecule has 1 saturated heterocycles. The molecular weight excluding hydrogens is 486 g/mol. The van der Waals surface area contributed by atoms with Crippen molar-refractivity contribution in [2.24, 2.45) is 11.7 Å². The molecule has 0 radical (unpaired) electrons. The molecule has 1 aliphatic heterocycles. The minimum absolute atomic E-state index is 0.00185. The van der Waals surface area contributed by atoms with Crippen LogP contribution in [-0.2, 0) is 4.79 Å². The third-order valence-electron chi connectivity index (χ3n) is 5.83. The lowest BCUT2D eigenvalue weighted by molar-refractivity contribution is -0.189. The van der Waals surface area contributed by atoms with E-state index in [0.29, 0.717) is 49.2 Å². The van der Waals surface area contributed by atoms with E-state index >= 15 is 4.39 Å². The summed E-state index contributed by atoms with van der Waals surface area (Å²) < 4.78 is 59.1. The Balaban J connectivity index is 1.94. The van der Waals surface area contributed by atoms with Crippen molar-refractivity contribution in [2.45, 2.75) is 38.4 Å². The van der Waals surface area contributed by atoms with Crippen molar-refractivity contribution in [3.63, 3.8) is 0 Å². The van der Waals surface area contributed by atoms with E-state index in [2.05, 4.69) is 20.7 Å². The second-order valence-corrected chi connectivity index (χ2v) is 8.80. The predicted octanol–water partition coefficient (Wildman–Crippen LogP) is 3.80. The van der Waals surface area contributed by atoms with Crippen molar-refractivity contribution in [3.05, 3.63) is 32.3 Å². The summed E-state index contributed by atoms with van der Waals surface area (Å²) in [6.45, 7) is 3.34. The molecule has 1 atom stereocenters. The zero-order valence-corrected chi connectivity index (χ0v) is 18.1. The summed E-state index contributed by atoms with van der Waals surface area (Å²) in [4.78, 5) is 26.2. The highest BCUT2D eigenvalue weighted by atomic mass is 79.9. The van der Waals surface area contributed by atoms with Gasteiger partial charge in [0.1, 0.15) is 0 Å². The zero-order chi connectivity index (χ0) is 22.7. The Morgan fingerprint density at radius 3 is 2.55 bits per heavy atom. The molecule has 0 bridgehead atoms. The molecule has 6 nitrogen and oxygen atoms in total. The normalized spacial score (nSPS) is 19.3. The summed E-state index contributed by atoms with van der Waals surface area (Å²) in [7, 11) is 0. The summed E-state index contributed by atoms with van der Waals surface area (Å²) >= 11 is 3.21. The number of hydrogen-bond donors (Lipinski definition) is 1. The largest absolute Gasteiger partial charge is 0.491 e. The van der Waals surface area contributed by atoms with E-state index in [1.165, 1.54) is 4.57 Å². The lowest BCUT2D eigenvalue weighted by Crippen LogP contribution is -2.32. The van der Waals surface area contributed by atoms with Gasteiger partial charge in [0, 0.05) is 24.5 Å². The number of nitrogens with two attached hydrogens (primary N) is 1. The molecule has 2 aliphatic rings. The summed E-state index contributed by atoms with van der Waals surface area (Å²) in [6, 6.07) is 0.746. The Hall–Kier alpha value is -2.14. The lowest BCUT2D eigenvalue weighted by Gasteiger charge is -2.25. The zero-order valence-electron chi connectivity index (χ0n) is 16.6. The van der Waals surface area contributed by atoms with Gasteiger partial charge in [0.25, 0.3) is 5.56 Å². The number of fused-ring (bicyclic) bond motifs is 1. The molecule has 0 spiro atoms. The van der Waals surface area contributed by atoms with Gasteiger partial charge in [0.2, 0.25) is 0 Å². The smallest absolute Gasteiger partial charge is 0.414 e. The van der Waals surface area contributed by atoms with Crippen molar-refractivity contribution in [2.75, 3.05) is 24.5 Å². The topological polar surface area (TPSA) is 77.6 Å². The van der Waals surface area contributed by atoms with Gasteiger partial charge in [-0.3, -0.25) is 4.79 Å². The highest BCUT2D eigenvalue weighted by molar-refractivity contribution is 9.10. The molecule has 2 heterocycles. The number of halogens is 5. The maximum Gasteiger partial charge on any atom is 0.491 e. The van der Waals surface area contributed by atoms with Gasteiger partial charge in [-0.2, -0.15) is 13.2 Å². The van der Waals surface area contributed by atoms with E-state index in [-0.39, 0.29) is 21.8 Å². The van der Waals surface area contributed by atoms with Crippen LogP contribution in [0.2, 0.25) is 0 Å². The fourth-order valence-electron chi connectivity index (χ4n) is 4.18. The second-order valence-electron chi connectivity index (χ2n) is 8.00. The van der Waals surface area contributed by atoms with Crippen LogP contribution in [0.25, 0.3) is 10.9 Å². The van der Waals surface area contributed by atoms with E-state index in [1.807, 2.05) is 4.90 Å². The Bertz CT molecular complexity index is 1130. The lowest BCUT2D eigenvalue weighted by atomic mass is 10.1. The van der Waals surface area contributed by atoms with Crippen LogP contribution in [0.4, 0.5) is 23.2 Å². The van der Waals surface area contributed by atoms with Crippen LogP contribution in [-0.4, -0.2) is 36.3 Å². The number of ether oxygens (including phenoxy) is 1. The predicted molar refractivity (Wildman–Crippen MR) is 110 cm³/mol. The first-order valence-corrected chi connectivity index (χ1v) is 10.6. The molecule has 11 heteroatoms. The number of esters is 1. The SMILES string of the molecule is Cc1c(N2CCC(CN)C2)c(F)c(Br)c2cc(OC(=O)C(F)(F)F)c(=O)n(C3CC3)c12. The number of alkyl halides is 3. The van der Waals surface area contributed by atoms with Crippen molar-refractivity contribution < 1.29 is 27.1 Å². The summed E-state index contributed by atoms with van der Waals surface area (Å²) in [5.74, 6) is -3.64. The fraction of sp³-hybridized carbons (Fsp3) is 0.500. The molecule has 4 rings (SSSR count). The van der Waals surface area contributed by atoms with Crippen LogP contribution in [0, 0.1) is 18.7 Å². The molecule has 1 aromatic carbocycles. The highest BCUT2D eigenvalue weighted by Crippen LogP contribution is 2.44. The van der Waals surface area contributed by atoms with Crippen LogP contribution in [0.15, 0.2) is 15.3 Å². The van der Waals surface area contributed by atoms with Crippen LogP contribution >= 0.6 is 15.9 Å². The van der Waals surface area contributed by atoms with Crippen LogP contribution < -0.4 is 20.9 Å². The van der Waals surface area contributed by atoms with Gasteiger partial charge in [-0.1, -0.05) is 0 Å². The maximum absolute atomic E-state index is 15.4. The maximum atomic E-state index is 15.4. The molecule has 1 aliphatic carbocycles. The number of hydrogen-bond acceptors (Lipinski definition) is 5. The van der Waals surface area contributed by atoms with Gasteiger partial charge < -0.3 is 19.9 Å². The standard InChI is InChI=1S/C20H20BrF4N3O3/c1-9-16-12(14(21)15(22)17(9)27-5-4-10(7-26)8-27)6-13(31-19(30)20(23,24)25)18(29)28(16)11-2-3-11/h6,10-11H,2-5,7-8,26H2,1H3. The van der Waals surface area contributed by atoms with Gasteiger partial charge in [-0.25, -0.2) is 9.18 Å². The summed E-state index contributed by atoms with van der Waals surface area (Å²) in [5, 5.41) is 0.171. The van der Waals surface area contributed by atoms with E-state index in [9.17, 15) is 22.8 Å². The second kappa shape index (κ2) is 7.77. The average Bonchev–Trinajstić information content (AvgIpc) is 3.43. The Kier molecular flexibility index (Phi) is 5.53. The Morgan fingerprint density at radius 1 is 1.32 bits per heavy atom. The van der Waals surface area contributed by atoms with Gasteiger partial charge in [0.15, 0.2) is 11.6 Å². The molecule has 2 fully saturated rings. The van der Waals surface area contributed by atoms with Crippen LogP contribution in [0.3, 0.4) is 0 Å². The summed E-state index contributed by atoms with van der Waals surface area (Å²) in [5.41, 5.74) is 6.17. The minimum Gasteiger partial charge on any atom is -0.414 e. The van der Waals surface area contributed by atoms with E-state index < -0.39 is 29.3 Å². The first-order valence-electron chi connectivity index (χ1n) is 9.85. The highest BCUT2D eigenvalue weighted by Gasteiger charge is 2.42. The first kappa shape index (κ1) is 22.1. The molecule has 1 unspecified atom stereocenters. The van der Waals surface area contributed by atoms with Gasteiger partial charge >= 0.3 is 12.1 Å². The third kappa shape index (κ3) is 3.82. The van der Waals surface area contributed by atoms with E-state index in [1.54, 1.807) is 6.92 Å². The molecule has 1 saturated carbocycles. The van der Waals surface area contributed by atoms with Crippen molar-refractivity contribution in [1.82, 2.24) is 4.57 Å². The van der Waals surface area contributed by atoms with Crippen molar-refractivity contribution in [1.29, 1.82) is 0 Å². The molecule has 31 heavy (non-hydrogen) atoms. The Labute approximate surface area is 183 Å². The average molecular weight is 506 g/mol. The van der Waals surface area contributed by atoms with Crippen LogP contribution in [0.1, 0.15) is 30.9 Å². The first-order chi connectivity index (χ1) is 14.5. The van der Waals surface area contributed by atoms with Crippen LogP contribution in [0.5, 0.6) is 5.75 Å². The quantitative estimate of drug-likeness (QED) is 0.505. The van der Waals surface area contributed by atoms with Gasteiger partial charge in [-0.15, -0.1) is 0 Å². The number of nitrogens with zero attached hydrogens (tertiary/aromatic N) is 2. The molecule has 168 valence electrons. The number of rotatable bonds is 4. The number of aromatic nitrogens is 1. The van der Waals surface area contributed by atoms with Gasteiger partial charge in [-0.05, 0) is 66.2 Å². The number of carbonyl (C=O) groups is 1. The van der Waals surface area contributed by atoms with Crippen molar-refractivity contribution in [3.8, 4) is 5.75 Å². The fourth-order valence-corrected chi connectivity index (χ4v) is 4.67. The molecule has 0 amide bonds. The molecular formula is C20H20BrF4N3O3. The van der Waals surface area contributed by atoms with E-state index in [0.717, 1.165) is 12.5 Å². The number of carbonyl (C=O) groups excluding carboxylic acids is 1.